The number of nitrogens with zero attached hydrogens (tertiary/aromatic N) is 1. The minimum Gasteiger partial charge on any atom is -0.298 e. The van der Waals surface area contributed by atoms with E-state index in [1.54, 1.807) is 0 Å². The largest absolute Gasteiger partial charge is 0.298 e. The molecular weight excluding hydrogens is 278 g/mol. The van der Waals surface area contributed by atoms with E-state index in [9.17, 15) is 4.79 Å². The van der Waals surface area contributed by atoms with E-state index in [1.807, 2.05) is 12.1 Å². The molecule has 3 aliphatic rings. The fourth-order valence-electron chi connectivity index (χ4n) is 3.06. The highest BCUT2D eigenvalue weighted by Crippen LogP contribution is 2.30. The molecule has 17 heavy (non-hydrogen) atoms. The van der Waals surface area contributed by atoms with Gasteiger partial charge in [-0.05, 0) is 50.0 Å². The first-order valence-corrected chi connectivity index (χ1v) is 7.05. The van der Waals surface area contributed by atoms with Gasteiger partial charge in [-0.2, -0.15) is 0 Å². The van der Waals surface area contributed by atoms with Crippen molar-refractivity contribution in [3.8, 4) is 0 Å². The monoisotopic (exact) mass is 293 g/mol. The van der Waals surface area contributed by atoms with Crippen LogP contribution in [0.3, 0.4) is 0 Å². The normalized spacial score (nSPS) is 31.8. The van der Waals surface area contributed by atoms with Gasteiger partial charge in [0.1, 0.15) is 0 Å². The van der Waals surface area contributed by atoms with Crippen LogP contribution in [0.5, 0.6) is 0 Å². The van der Waals surface area contributed by atoms with Gasteiger partial charge in [-0.3, -0.25) is 9.69 Å². The van der Waals surface area contributed by atoms with E-state index < -0.39 is 0 Å². The van der Waals surface area contributed by atoms with E-state index >= 15 is 0 Å². The number of halogens is 1. The summed E-state index contributed by atoms with van der Waals surface area (Å²) >= 11 is 3.48. The van der Waals surface area contributed by atoms with E-state index in [0.717, 1.165) is 36.8 Å². The standard InChI is InChI=1S/C14H16BrNO/c15-12-3-1-2-10(8-12)9-13-14(17)11-4-6-16(13)7-5-11/h1-3,8,11,13H,4-7,9H2. The molecule has 0 aromatic heterocycles. The molecule has 0 spiro atoms. The molecule has 3 fully saturated rings. The van der Waals surface area contributed by atoms with Crippen molar-refractivity contribution in [2.24, 2.45) is 5.92 Å². The lowest BCUT2D eigenvalue weighted by Gasteiger charge is -2.44. The van der Waals surface area contributed by atoms with E-state index in [-0.39, 0.29) is 6.04 Å². The molecule has 1 atom stereocenters. The van der Waals surface area contributed by atoms with Gasteiger partial charge in [0.2, 0.25) is 0 Å². The average Bonchev–Trinajstić information content (AvgIpc) is 2.34. The Kier molecular flexibility index (Phi) is 3.05. The van der Waals surface area contributed by atoms with Crippen LogP contribution in [0.4, 0.5) is 0 Å². The fourth-order valence-corrected chi connectivity index (χ4v) is 3.51. The van der Waals surface area contributed by atoms with Crippen LogP contribution in [0.15, 0.2) is 28.7 Å². The predicted octanol–water partition coefficient (Wildman–Crippen LogP) is 2.65. The van der Waals surface area contributed by atoms with Crippen molar-refractivity contribution in [2.45, 2.75) is 25.3 Å². The third-order valence-electron chi connectivity index (χ3n) is 4.02. The third kappa shape index (κ3) is 2.18. The molecule has 4 rings (SSSR count). The summed E-state index contributed by atoms with van der Waals surface area (Å²) in [7, 11) is 0. The Labute approximate surface area is 110 Å². The molecule has 1 aromatic rings. The van der Waals surface area contributed by atoms with Crippen LogP contribution in [-0.4, -0.2) is 29.8 Å². The highest BCUT2D eigenvalue weighted by molar-refractivity contribution is 9.10. The summed E-state index contributed by atoms with van der Waals surface area (Å²) in [5.74, 6) is 0.819. The molecule has 2 nitrogen and oxygen atoms in total. The Hall–Kier alpha value is -0.670. The van der Waals surface area contributed by atoms with Crippen molar-refractivity contribution in [3.63, 3.8) is 0 Å². The number of carbonyl (C=O) groups excluding carboxylic acids is 1. The number of fused-ring (bicyclic) bond motifs is 3. The number of carbonyl (C=O) groups is 1. The SMILES string of the molecule is O=C1C2CCN(CC2)C1Cc1cccc(Br)c1. The van der Waals surface area contributed by atoms with Crippen molar-refractivity contribution in [2.75, 3.05) is 13.1 Å². The van der Waals surface area contributed by atoms with Gasteiger partial charge in [-0.15, -0.1) is 0 Å². The zero-order valence-electron chi connectivity index (χ0n) is 9.73. The number of Topliss-reactive ketones (excluding diaryl/α,β-unsaturated/α-hetero) is 1. The van der Waals surface area contributed by atoms with E-state index in [1.165, 1.54) is 5.56 Å². The number of rotatable bonds is 2. The average molecular weight is 294 g/mol. The molecular formula is C14H16BrNO. The molecule has 90 valence electrons. The van der Waals surface area contributed by atoms with Crippen molar-refractivity contribution in [3.05, 3.63) is 34.3 Å². The second-order valence-corrected chi connectivity index (χ2v) is 5.98. The molecule has 0 amide bonds. The second kappa shape index (κ2) is 4.54. The van der Waals surface area contributed by atoms with Crippen LogP contribution >= 0.6 is 15.9 Å². The summed E-state index contributed by atoms with van der Waals surface area (Å²) in [5, 5.41) is 0. The first-order valence-electron chi connectivity index (χ1n) is 6.26. The Morgan fingerprint density at radius 1 is 1.29 bits per heavy atom. The maximum atomic E-state index is 12.2. The van der Waals surface area contributed by atoms with Crippen LogP contribution in [-0.2, 0) is 11.2 Å². The highest BCUT2D eigenvalue weighted by Gasteiger charge is 2.40. The van der Waals surface area contributed by atoms with Gasteiger partial charge in [0.25, 0.3) is 0 Å². The summed E-state index contributed by atoms with van der Waals surface area (Å²) in [6.45, 7) is 2.21. The molecule has 3 heterocycles. The first-order chi connectivity index (χ1) is 8.24. The van der Waals surface area contributed by atoms with Crippen LogP contribution in [0.25, 0.3) is 0 Å². The Morgan fingerprint density at radius 3 is 2.71 bits per heavy atom. The third-order valence-corrected chi connectivity index (χ3v) is 4.51. The highest BCUT2D eigenvalue weighted by atomic mass is 79.9. The van der Waals surface area contributed by atoms with Crippen molar-refractivity contribution >= 4 is 21.7 Å². The van der Waals surface area contributed by atoms with Gasteiger partial charge < -0.3 is 0 Å². The minimum absolute atomic E-state index is 0.136. The van der Waals surface area contributed by atoms with Gasteiger partial charge in [0.15, 0.2) is 5.78 Å². The van der Waals surface area contributed by atoms with Crippen molar-refractivity contribution in [1.29, 1.82) is 0 Å². The summed E-state index contributed by atoms with van der Waals surface area (Å²) in [6, 6.07) is 8.44. The maximum Gasteiger partial charge on any atom is 0.153 e. The zero-order chi connectivity index (χ0) is 11.8. The van der Waals surface area contributed by atoms with E-state index in [2.05, 4.69) is 33.0 Å². The van der Waals surface area contributed by atoms with Crippen LogP contribution in [0.1, 0.15) is 18.4 Å². The molecule has 1 aromatic carbocycles. The Balaban J connectivity index is 1.79. The molecule has 3 saturated heterocycles. The van der Waals surface area contributed by atoms with E-state index in [4.69, 9.17) is 0 Å². The summed E-state index contributed by atoms with van der Waals surface area (Å²) < 4.78 is 1.10. The van der Waals surface area contributed by atoms with Crippen molar-refractivity contribution < 1.29 is 4.79 Å². The lowest BCUT2D eigenvalue weighted by molar-refractivity contribution is -0.136. The summed E-state index contributed by atoms with van der Waals surface area (Å²) in [4.78, 5) is 14.6. The number of hydrogen-bond acceptors (Lipinski definition) is 2. The second-order valence-electron chi connectivity index (χ2n) is 5.06. The molecule has 0 saturated carbocycles. The minimum atomic E-state index is 0.136. The number of benzene rings is 1. The quantitative estimate of drug-likeness (QED) is 0.836. The fraction of sp³-hybridized carbons (Fsp3) is 0.500. The van der Waals surface area contributed by atoms with Crippen LogP contribution in [0.2, 0.25) is 0 Å². The Morgan fingerprint density at radius 2 is 2.06 bits per heavy atom. The number of ketones is 1. The number of hydrogen-bond donors (Lipinski definition) is 0. The predicted molar refractivity (Wildman–Crippen MR) is 70.9 cm³/mol. The summed E-state index contributed by atoms with van der Waals surface area (Å²) in [5.41, 5.74) is 1.25. The molecule has 2 bridgehead atoms. The number of piperidine rings is 3. The van der Waals surface area contributed by atoms with Gasteiger partial charge in [-0.25, -0.2) is 0 Å². The maximum absolute atomic E-state index is 12.2. The first kappa shape index (κ1) is 11.4. The van der Waals surface area contributed by atoms with Crippen molar-refractivity contribution in [1.82, 2.24) is 4.90 Å². The molecule has 3 aliphatic heterocycles. The van der Waals surface area contributed by atoms with Gasteiger partial charge >= 0.3 is 0 Å². The van der Waals surface area contributed by atoms with E-state index in [0.29, 0.717) is 11.7 Å². The molecule has 0 aliphatic carbocycles. The molecule has 0 N–H and O–H groups in total. The lowest BCUT2D eigenvalue weighted by atomic mass is 9.80. The van der Waals surface area contributed by atoms with Gasteiger partial charge in [0.05, 0.1) is 6.04 Å². The lowest BCUT2D eigenvalue weighted by Crippen LogP contribution is -2.56. The molecule has 1 unspecified atom stereocenters. The molecule has 3 heteroatoms. The zero-order valence-corrected chi connectivity index (χ0v) is 11.3. The topological polar surface area (TPSA) is 20.3 Å². The summed E-state index contributed by atoms with van der Waals surface area (Å²) in [6.07, 6.45) is 3.02. The van der Waals surface area contributed by atoms with Crippen LogP contribution in [0, 0.1) is 5.92 Å². The van der Waals surface area contributed by atoms with Gasteiger partial charge in [0, 0.05) is 10.4 Å². The smallest absolute Gasteiger partial charge is 0.153 e. The molecule has 0 radical (unpaired) electrons. The van der Waals surface area contributed by atoms with Gasteiger partial charge in [-0.1, -0.05) is 28.1 Å². The Bertz CT molecular complexity index is 438. The van der Waals surface area contributed by atoms with Crippen LogP contribution < -0.4 is 0 Å².